The number of carbonyl (C=O) groups excluding carboxylic acids is 1. The summed E-state index contributed by atoms with van der Waals surface area (Å²) in [5.41, 5.74) is 1.84. The van der Waals surface area contributed by atoms with Crippen LogP contribution in [0.2, 0.25) is 0 Å². The number of aryl methyl sites for hydroxylation is 1. The molecule has 0 unspecified atom stereocenters. The van der Waals surface area contributed by atoms with Crippen molar-refractivity contribution in [3.63, 3.8) is 0 Å². The summed E-state index contributed by atoms with van der Waals surface area (Å²) in [6, 6.07) is 4.10. The molecular formula is C28H38N4O2S2. The molecule has 0 aromatic carbocycles. The van der Waals surface area contributed by atoms with Gasteiger partial charge in [-0.2, -0.15) is 0 Å². The lowest BCUT2D eigenvalue weighted by atomic mass is 9.87. The van der Waals surface area contributed by atoms with Crippen LogP contribution in [0.3, 0.4) is 0 Å². The predicted molar refractivity (Wildman–Crippen MR) is 154 cm³/mol. The van der Waals surface area contributed by atoms with E-state index in [1.54, 1.807) is 21.6 Å². The molecule has 0 spiro atoms. The maximum absolute atomic E-state index is 13.6. The van der Waals surface area contributed by atoms with Crippen LogP contribution in [0.25, 0.3) is 11.7 Å². The number of thioether (sulfide) groups is 1. The Hall–Kier alpha value is -2.19. The van der Waals surface area contributed by atoms with Gasteiger partial charge < -0.3 is 5.32 Å². The SMILES string of the molecule is CCCCCCCCN1C(=O)C(=Cc2c(NC3CCC(C)CC3)nc3ccc(C)cn3c2=O)SC1=S. The van der Waals surface area contributed by atoms with Crippen molar-refractivity contribution in [3.05, 3.63) is 44.7 Å². The van der Waals surface area contributed by atoms with E-state index < -0.39 is 0 Å². The highest BCUT2D eigenvalue weighted by molar-refractivity contribution is 8.26. The number of nitrogens with zero attached hydrogens (tertiary/aromatic N) is 3. The van der Waals surface area contributed by atoms with Gasteiger partial charge in [0.25, 0.3) is 11.5 Å². The predicted octanol–water partition coefficient (Wildman–Crippen LogP) is 6.56. The molecule has 1 aliphatic heterocycles. The van der Waals surface area contributed by atoms with E-state index in [9.17, 15) is 9.59 Å². The minimum atomic E-state index is -0.170. The summed E-state index contributed by atoms with van der Waals surface area (Å²) in [7, 11) is 0. The first-order valence-electron chi connectivity index (χ1n) is 13.4. The van der Waals surface area contributed by atoms with Gasteiger partial charge in [-0.1, -0.05) is 76.0 Å². The van der Waals surface area contributed by atoms with E-state index in [4.69, 9.17) is 17.2 Å². The number of anilines is 1. The van der Waals surface area contributed by atoms with E-state index in [1.807, 2.05) is 19.1 Å². The molecule has 4 rings (SSSR count). The summed E-state index contributed by atoms with van der Waals surface area (Å²) in [6.45, 7) is 7.08. The highest BCUT2D eigenvalue weighted by Crippen LogP contribution is 2.34. The van der Waals surface area contributed by atoms with Gasteiger partial charge in [-0.25, -0.2) is 4.98 Å². The van der Waals surface area contributed by atoms with Crippen molar-refractivity contribution in [2.75, 3.05) is 11.9 Å². The average molecular weight is 527 g/mol. The monoisotopic (exact) mass is 526 g/mol. The number of aromatic nitrogens is 2. The second-order valence-corrected chi connectivity index (χ2v) is 12.0. The number of rotatable bonds is 10. The number of hydrogen-bond acceptors (Lipinski definition) is 6. The molecule has 2 aliphatic rings. The Morgan fingerprint density at radius 1 is 1.11 bits per heavy atom. The number of pyridine rings is 1. The lowest BCUT2D eigenvalue weighted by Crippen LogP contribution is -2.30. The van der Waals surface area contributed by atoms with Crippen LogP contribution in [-0.2, 0) is 4.79 Å². The maximum atomic E-state index is 13.6. The Labute approximate surface area is 223 Å². The minimum Gasteiger partial charge on any atom is -0.367 e. The van der Waals surface area contributed by atoms with Gasteiger partial charge in [0.05, 0.1) is 10.5 Å². The third-order valence-corrected chi connectivity index (χ3v) is 8.62. The van der Waals surface area contributed by atoms with Crippen molar-refractivity contribution >= 4 is 51.7 Å². The van der Waals surface area contributed by atoms with E-state index in [0.717, 1.165) is 50.0 Å². The number of nitrogens with one attached hydrogen (secondary N) is 1. The first-order chi connectivity index (χ1) is 17.4. The number of carbonyl (C=O) groups is 1. The summed E-state index contributed by atoms with van der Waals surface area (Å²) >= 11 is 6.83. The second-order valence-electron chi connectivity index (χ2n) is 10.3. The molecule has 3 heterocycles. The zero-order valence-electron chi connectivity index (χ0n) is 21.7. The van der Waals surface area contributed by atoms with Crippen LogP contribution in [0.5, 0.6) is 0 Å². The first kappa shape index (κ1) is 26.9. The molecule has 2 aromatic rings. The highest BCUT2D eigenvalue weighted by Gasteiger charge is 2.32. The summed E-state index contributed by atoms with van der Waals surface area (Å²) in [5, 5.41) is 3.55. The largest absolute Gasteiger partial charge is 0.367 e. The molecule has 194 valence electrons. The van der Waals surface area contributed by atoms with Crippen molar-refractivity contribution in [1.29, 1.82) is 0 Å². The lowest BCUT2D eigenvalue weighted by Gasteiger charge is -2.27. The summed E-state index contributed by atoms with van der Waals surface area (Å²) in [5.74, 6) is 1.18. The molecule has 1 N–H and O–H groups in total. The van der Waals surface area contributed by atoms with Gasteiger partial charge in [0, 0.05) is 18.8 Å². The Morgan fingerprint density at radius 3 is 2.58 bits per heavy atom. The zero-order chi connectivity index (χ0) is 25.7. The van der Waals surface area contributed by atoms with Crippen molar-refractivity contribution in [1.82, 2.24) is 14.3 Å². The molecule has 0 atom stereocenters. The van der Waals surface area contributed by atoms with Crippen LogP contribution in [-0.4, -0.2) is 37.1 Å². The Balaban J connectivity index is 1.59. The molecule has 1 saturated carbocycles. The van der Waals surface area contributed by atoms with Gasteiger partial charge in [0.1, 0.15) is 15.8 Å². The van der Waals surface area contributed by atoms with Gasteiger partial charge in [0.2, 0.25) is 0 Å². The first-order valence-corrected chi connectivity index (χ1v) is 14.6. The number of fused-ring (bicyclic) bond motifs is 1. The molecule has 2 fully saturated rings. The molecule has 1 saturated heterocycles. The van der Waals surface area contributed by atoms with E-state index >= 15 is 0 Å². The molecule has 1 aliphatic carbocycles. The Kier molecular flexibility index (Phi) is 9.23. The van der Waals surface area contributed by atoms with Crippen LogP contribution in [0.4, 0.5) is 5.82 Å². The minimum absolute atomic E-state index is 0.107. The van der Waals surface area contributed by atoms with E-state index in [0.29, 0.717) is 32.8 Å². The molecule has 6 nitrogen and oxygen atoms in total. The molecule has 0 bridgehead atoms. The van der Waals surface area contributed by atoms with Gasteiger partial charge in [-0.3, -0.25) is 18.9 Å². The van der Waals surface area contributed by atoms with Crippen molar-refractivity contribution in [2.45, 2.75) is 91.0 Å². The summed E-state index contributed by atoms with van der Waals surface area (Å²) in [6.07, 6.45) is 14.9. The second kappa shape index (κ2) is 12.4. The standard InChI is InChI=1S/C28H38N4O2S2/c1-4-5-6-7-8-9-16-31-27(34)23(36-28(31)35)17-22-25(29-21-13-10-19(2)11-14-21)30-24-15-12-20(3)18-32(24)26(22)33/h12,15,17-19,21,29H,4-11,13-14,16H2,1-3H3. The van der Waals surface area contributed by atoms with Crippen LogP contribution < -0.4 is 10.9 Å². The van der Waals surface area contributed by atoms with Gasteiger partial charge >= 0.3 is 0 Å². The number of amides is 1. The average Bonchev–Trinajstić information content (AvgIpc) is 3.12. The van der Waals surface area contributed by atoms with E-state index in [2.05, 4.69) is 19.2 Å². The zero-order valence-corrected chi connectivity index (χ0v) is 23.3. The smallest absolute Gasteiger partial charge is 0.267 e. The van der Waals surface area contributed by atoms with Gasteiger partial charge in [0.15, 0.2) is 0 Å². The third-order valence-electron chi connectivity index (χ3n) is 7.25. The van der Waals surface area contributed by atoms with Crippen LogP contribution >= 0.6 is 24.0 Å². The summed E-state index contributed by atoms with van der Waals surface area (Å²) in [4.78, 5) is 33.9. The molecule has 8 heteroatoms. The van der Waals surface area contributed by atoms with E-state index in [1.165, 1.54) is 37.4 Å². The van der Waals surface area contributed by atoms with Crippen LogP contribution in [0.1, 0.15) is 89.2 Å². The molecular weight excluding hydrogens is 488 g/mol. The Morgan fingerprint density at radius 2 is 1.83 bits per heavy atom. The molecule has 0 radical (unpaired) electrons. The Bertz CT molecular complexity index is 1200. The van der Waals surface area contributed by atoms with Crippen molar-refractivity contribution in [2.24, 2.45) is 5.92 Å². The van der Waals surface area contributed by atoms with Gasteiger partial charge in [-0.15, -0.1) is 0 Å². The number of hydrogen-bond donors (Lipinski definition) is 1. The normalized spacial score (nSPS) is 21.6. The molecule has 36 heavy (non-hydrogen) atoms. The molecule has 2 aromatic heterocycles. The third kappa shape index (κ3) is 6.38. The topological polar surface area (TPSA) is 66.7 Å². The fraction of sp³-hybridized carbons (Fsp3) is 0.571. The van der Waals surface area contributed by atoms with Crippen molar-refractivity contribution in [3.8, 4) is 0 Å². The lowest BCUT2D eigenvalue weighted by molar-refractivity contribution is -0.122. The van der Waals surface area contributed by atoms with Crippen LogP contribution in [0.15, 0.2) is 28.0 Å². The fourth-order valence-corrected chi connectivity index (χ4v) is 6.26. The highest BCUT2D eigenvalue weighted by atomic mass is 32.2. The number of unbranched alkanes of at least 4 members (excludes halogenated alkanes) is 5. The number of thiocarbonyl (C=S) groups is 1. The quantitative estimate of drug-likeness (QED) is 0.215. The maximum Gasteiger partial charge on any atom is 0.267 e. The molecule has 1 amide bonds. The van der Waals surface area contributed by atoms with Crippen LogP contribution in [0, 0.1) is 12.8 Å². The fourth-order valence-electron chi connectivity index (χ4n) is 4.97. The van der Waals surface area contributed by atoms with Gasteiger partial charge in [-0.05, 0) is 62.7 Å². The summed E-state index contributed by atoms with van der Waals surface area (Å²) < 4.78 is 2.15. The van der Waals surface area contributed by atoms with E-state index in [-0.39, 0.29) is 17.5 Å². The van der Waals surface area contributed by atoms with Crippen molar-refractivity contribution < 1.29 is 4.79 Å².